The molecule has 0 spiro atoms. The number of benzene rings is 2. The van der Waals surface area contributed by atoms with E-state index in [1.807, 2.05) is 9.48 Å². The van der Waals surface area contributed by atoms with Crippen LogP contribution < -0.4 is 125 Å². The van der Waals surface area contributed by atoms with E-state index < -0.39 is 64.1 Å². The Morgan fingerprint density at radius 2 is 1.27 bits per heavy atom. The summed E-state index contributed by atoms with van der Waals surface area (Å²) < 4.78 is 84.1. The fraction of sp³-hybridized carbons (Fsp3) is 0.488. The molecule has 63 heavy (non-hydrogen) atoms. The van der Waals surface area contributed by atoms with E-state index >= 15 is 0 Å². The molecule has 1 aliphatic carbocycles. The van der Waals surface area contributed by atoms with Crippen LogP contribution in [0, 0.1) is 5.92 Å². The molecule has 1 unspecified atom stereocenters. The van der Waals surface area contributed by atoms with Crippen molar-refractivity contribution in [3.05, 3.63) is 70.9 Å². The van der Waals surface area contributed by atoms with Gasteiger partial charge >= 0.3 is 115 Å². The molecule has 0 radical (unpaired) electrons. The van der Waals surface area contributed by atoms with Gasteiger partial charge in [-0.2, -0.15) is 4.58 Å². The Morgan fingerprint density at radius 3 is 1.81 bits per heavy atom. The molecule has 0 N–H and O–H groups in total. The fourth-order valence-electron chi connectivity index (χ4n) is 8.22. The number of anilines is 1. The standard InChI is InChI=1S/C43H52N2O13S2.BrH.2K/c1-7-57-37(46)15-11-9-13-21-44-33-19-17-27(59(51,52)53)23-31(33)42(3,4)35(44)25-29-39(48)30(41(50)40(29)49)26-36-43(5,6)32-24-28(60(54,55)56)18-20-34(32)45(36)22-14-10-12-16-38(47)58-8-2;;;/h17-20,23-26,29H,7-16,21-22H2,1-6H3,(H-,51,52,53,54,55,56);1H;;/q;;2*+1/p-2/b30-26-,35-25+;;;. The maximum atomic E-state index is 14.4. The van der Waals surface area contributed by atoms with Gasteiger partial charge in [0.1, 0.15) is 32.7 Å². The predicted molar refractivity (Wildman–Crippen MR) is 217 cm³/mol. The van der Waals surface area contributed by atoms with Crippen LogP contribution in [-0.4, -0.2) is 91.8 Å². The number of allylic oxidation sites excluding steroid dienone is 4. The zero-order chi connectivity index (χ0) is 44.4. The van der Waals surface area contributed by atoms with Crippen LogP contribution in [0.5, 0.6) is 0 Å². The van der Waals surface area contributed by atoms with E-state index in [0.29, 0.717) is 85.5 Å². The molecule has 0 bridgehead atoms. The van der Waals surface area contributed by atoms with Crippen molar-refractivity contribution >= 4 is 66.6 Å². The van der Waals surface area contributed by atoms with Gasteiger partial charge in [-0.3, -0.25) is 24.0 Å². The first-order valence-electron chi connectivity index (χ1n) is 20.1. The largest absolute Gasteiger partial charge is 1.00 e. The Hall–Kier alpha value is -1.09. The van der Waals surface area contributed by atoms with Gasteiger partial charge in [0.05, 0.1) is 34.0 Å². The van der Waals surface area contributed by atoms with Gasteiger partial charge in [0.15, 0.2) is 11.5 Å². The number of carbonyl (C=O) groups excluding carboxylic acids is 5. The number of ketones is 3. The summed E-state index contributed by atoms with van der Waals surface area (Å²) in [5.41, 5.74) is 0.445. The number of ether oxygens (including phenoxy) is 2. The van der Waals surface area contributed by atoms with Gasteiger partial charge in [-0.05, 0) is 95.3 Å². The maximum Gasteiger partial charge on any atom is 1.00 e. The first-order valence-corrected chi connectivity index (χ1v) is 22.9. The third-order valence-corrected chi connectivity index (χ3v) is 13.0. The van der Waals surface area contributed by atoms with Crippen LogP contribution in [0.2, 0.25) is 0 Å². The zero-order valence-corrected chi connectivity index (χ0v) is 46.5. The molecule has 2 aromatic rings. The van der Waals surface area contributed by atoms with Gasteiger partial charge in [-0.25, -0.2) is 16.8 Å². The summed E-state index contributed by atoms with van der Waals surface area (Å²) in [6, 6.07) is 7.96. The Bertz CT molecular complexity index is 2450. The Balaban J connectivity index is 0.00000455. The molecule has 2 aromatic carbocycles. The fourth-order valence-corrected chi connectivity index (χ4v) is 9.21. The average molecular weight is 1030 g/mol. The van der Waals surface area contributed by atoms with Crippen LogP contribution in [0.25, 0.3) is 0 Å². The smallest absolute Gasteiger partial charge is 1.00 e. The number of rotatable bonds is 18. The van der Waals surface area contributed by atoms with Crippen molar-refractivity contribution in [2.45, 2.75) is 114 Å². The molecule has 0 aromatic heterocycles. The molecule has 1 atom stereocenters. The Morgan fingerprint density at radius 1 is 0.746 bits per heavy atom. The summed E-state index contributed by atoms with van der Waals surface area (Å²) in [6.07, 6.45) is 6.62. The molecule has 1 saturated carbocycles. The zero-order valence-electron chi connectivity index (χ0n) is 37.1. The number of carbonyl (C=O) groups is 5. The second-order valence-electron chi connectivity index (χ2n) is 16.1. The van der Waals surface area contributed by atoms with Gasteiger partial charge in [0.25, 0.3) is 0 Å². The normalized spacial score (nSPS) is 18.8. The summed E-state index contributed by atoms with van der Waals surface area (Å²) in [7, 11) is -9.67. The summed E-state index contributed by atoms with van der Waals surface area (Å²) in [6.45, 7) is 11.7. The van der Waals surface area contributed by atoms with E-state index in [2.05, 4.69) is 0 Å². The van der Waals surface area contributed by atoms with Crippen molar-refractivity contribution in [3.63, 3.8) is 0 Å². The molecule has 15 nitrogen and oxygen atoms in total. The molecule has 332 valence electrons. The minimum Gasteiger partial charge on any atom is -1.00 e. The van der Waals surface area contributed by atoms with Gasteiger partial charge in [-0.1, -0.05) is 20.3 Å². The van der Waals surface area contributed by atoms with Gasteiger partial charge in [0, 0.05) is 60.3 Å². The molecular formula is C43H51BrK2N2O13S2. The number of unbranched alkanes of at least 4 members (excludes halogenated alkanes) is 4. The van der Waals surface area contributed by atoms with Crippen LogP contribution >= 0.6 is 0 Å². The van der Waals surface area contributed by atoms with E-state index in [-0.39, 0.29) is 163 Å². The molecular weight excluding hydrogens is 975 g/mol. The summed E-state index contributed by atoms with van der Waals surface area (Å²) in [5.74, 6) is -4.93. The van der Waals surface area contributed by atoms with Crippen LogP contribution in [0.4, 0.5) is 11.4 Å². The Labute approximate surface area is 465 Å². The van der Waals surface area contributed by atoms with Crippen molar-refractivity contribution in [2.24, 2.45) is 5.92 Å². The second-order valence-corrected chi connectivity index (χ2v) is 18.8. The van der Waals surface area contributed by atoms with Crippen molar-refractivity contribution in [2.75, 3.05) is 31.2 Å². The van der Waals surface area contributed by atoms with Crippen molar-refractivity contribution in [1.29, 1.82) is 0 Å². The topological polar surface area (TPSA) is 224 Å². The SMILES string of the molecule is CCOC(=O)CCCCCN1/C(=C/C2C(=O)C(=O)/C(=C\C3=[N+](CCCCCC(=O)OCC)c4ccc(S(=O)(=O)[O-])cc4C3(C)C)C2=O)C(C)(C)c2cc(S(=O)(=O)[O-])ccc21.[Br-].[K+].[K+]. The third kappa shape index (κ3) is 13.1. The monoisotopic (exact) mass is 1020 g/mol. The van der Waals surface area contributed by atoms with Crippen LogP contribution in [0.15, 0.2) is 69.6 Å². The van der Waals surface area contributed by atoms with E-state index in [9.17, 15) is 49.9 Å². The number of nitrogens with zero attached hydrogens (tertiary/aromatic N) is 2. The van der Waals surface area contributed by atoms with Gasteiger partial charge < -0.3 is 40.5 Å². The van der Waals surface area contributed by atoms with E-state index in [1.54, 1.807) is 41.5 Å². The number of hydrogen-bond acceptors (Lipinski definition) is 14. The number of esters is 2. The summed E-state index contributed by atoms with van der Waals surface area (Å²) in [4.78, 5) is 66.8. The van der Waals surface area contributed by atoms with Crippen molar-refractivity contribution < 1.29 is 184 Å². The number of halogens is 1. The molecule has 20 heteroatoms. The number of fused-ring (bicyclic) bond motifs is 2. The predicted octanol–water partition coefficient (Wildman–Crippen LogP) is -3.92. The average Bonchev–Trinajstić information content (AvgIpc) is 3.60. The van der Waals surface area contributed by atoms with Crippen LogP contribution in [0.3, 0.4) is 0 Å². The second kappa shape index (κ2) is 23.8. The number of Topliss-reactive ketones (excluding diaryl/α,β-unsaturated/α-hetero) is 3. The third-order valence-electron chi connectivity index (χ3n) is 11.3. The quantitative estimate of drug-likeness (QED) is 0.0160. The molecule has 3 aliphatic rings. The molecule has 2 aliphatic heterocycles. The van der Waals surface area contributed by atoms with Gasteiger partial charge in [-0.15, -0.1) is 0 Å². The van der Waals surface area contributed by atoms with Crippen LogP contribution in [-0.2, 0) is 64.5 Å². The van der Waals surface area contributed by atoms with Crippen molar-refractivity contribution in [3.8, 4) is 0 Å². The molecule has 2 heterocycles. The van der Waals surface area contributed by atoms with E-state index in [4.69, 9.17) is 9.47 Å². The van der Waals surface area contributed by atoms with Crippen molar-refractivity contribution in [1.82, 2.24) is 0 Å². The van der Waals surface area contributed by atoms with Crippen LogP contribution in [0.1, 0.15) is 104 Å². The first-order chi connectivity index (χ1) is 28.0. The van der Waals surface area contributed by atoms with Gasteiger partial charge in [0.2, 0.25) is 17.3 Å². The summed E-state index contributed by atoms with van der Waals surface area (Å²) in [5, 5.41) is 0. The molecule has 0 amide bonds. The minimum absolute atomic E-state index is 0. The van der Waals surface area contributed by atoms with E-state index in [1.165, 1.54) is 48.6 Å². The Kier molecular flexibility index (Phi) is 21.9. The number of hydrogen-bond donors (Lipinski definition) is 0. The molecule has 5 rings (SSSR count). The van der Waals surface area contributed by atoms with E-state index in [0.717, 1.165) is 0 Å². The summed E-state index contributed by atoms with van der Waals surface area (Å²) >= 11 is 0. The maximum absolute atomic E-state index is 14.4. The first kappa shape index (κ1) is 58.0. The minimum atomic E-state index is -4.84. The molecule has 1 fully saturated rings. The molecule has 0 saturated heterocycles.